The first-order chi connectivity index (χ1) is 10.2. The number of hydrogen-bond acceptors (Lipinski definition) is 1. The monoisotopic (exact) mass is 287 g/mol. The van der Waals surface area contributed by atoms with Gasteiger partial charge in [0.2, 0.25) is 0 Å². The Labute approximate surface area is 127 Å². The van der Waals surface area contributed by atoms with Crippen LogP contribution < -0.4 is 10.2 Å². The van der Waals surface area contributed by atoms with Crippen LogP contribution in [0.15, 0.2) is 24.3 Å². The summed E-state index contributed by atoms with van der Waals surface area (Å²) in [4.78, 5) is 13.7. The van der Waals surface area contributed by atoms with Gasteiger partial charge in [-0.25, -0.2) is 0 Å². The van der Waals surface area contributed by atoms with Crippen LogP contribution in [0.3, 0.4) is 0 Å². The standard InChI is InChI=1S/C18H26N2O/c1-14-6-8-17(9-7-14)19-18(21)13-20-11-10-15-4-2-3-5-16(15)12-20/h6-9,15-16H,2-5,10-13H2,1H3,(H,19,21)/p+1/t15-,16+/m0/s1. The van der Waals surface area contributed by atoms with Crippen LogP contribution in [0, 0.1) is 18.8 Å². The average molecular weight is 287 g/mol. The smallest absolute Gasteiger partial charge is 0.279 e. The number of carbonyl (C=O) groups excluding carboxylic acids is 1. The van der Waals surface area contributed by atoms with Gasteiger partial charge in [-0.1, -0.05) is 30.5 Å². The van der Waals surface area contributed by atoms with Crippen molar-refractivity contribution in [2.45, 2.75) is 39.0 Å². The fraction of sp³-hybridized carbons (Fsp3) is 0.611. The molecule has 21 heavy (non-hydrogen) atoms. The predicted molar refractivity (Wildman–Crippen MR) is 85.4 cm³/mol. The van der Waals surface area contributed by atoms with Gasteiger partial charge >= 0.3 is 0 Å². The van der Waals surface area contributed by atoms with E-state index < -0.39 is 0 Å². The van der Waals surface area contributed by atoms with Gasteiger partial charge in [-0.3, -0.25) is 4.79 Å². The molecule has 1 saturated heterocycles. The molecule has 2 fully saturated rings. The van der Waals surface area contributed by atoms with Crippen molar-refractivity contribution in [3.63, 3.8) is 0 Å². The van der Waals surface area contributed by atoms with Crippen LogP contribution in [-0.4, -0.2) is 25.5 Å². The van der Waals surface area contributed by atoms with Crippen LogP contribution >= 0.6 is 0 Å². The Morgan fingerprint density at radius 3 is 2.62 bits per heavy atom. The lowest BCUT2D eigenvalue weighted by Gasteiger charge is -2.38. The fourth-order valence-electron chi connectivity index (χ4n) is 4.03. The third-order valence-electron chi connectivity index (χ3n) is 5.23. The molecule has 1 aliphatic carbocycles. The Kier molecular flexibility index (Phi) is 4.59. The zero-order valence-corrected chi connectivity index (χ0v) is 13.0. The number of amides is 1. The van der Waals surface area contributed by atoms with Gasteiger partial charge in [0.25, 0.3) is 5.91 Å². The summed E-state index contributed by atoms with van der Waals surface area (Å²) in [7, 11) is 0. The maximum absolute atomic E-state index is 12.2. The third kappa shape index (κ3) is 3.85. The van der Waals surface area contributed by atoms with Crippen LogP contribution in [0.5, 0.6) is 0 Å². The summed E-state index contributed by atoms with van der Waals surface area (Å²) in [5, 5.41) is 3.03. The maximum Gasteiger partial charge on any atom is 0.279 e. The summed E-state index contributed by atoms with van der Waals surface area (Å²) in [5.74, 6) is 1.97. The van der Waals surface area contributed by atoms with E-state index in [2.05, 4.69) is 12.2 Å². The zero-order valence-electron chi connectivity index (χ0n) is 13.0. The molecule has 0 bridgehead atoms. The van der Waals surface area contributed by atoms with Gasteiger partial charge in [0, 0.05) is 11.6 Å². The van der Waals surface area contributed by atoms with Crippen molar-refractivity contribution >= 4 is 11.6 Å². The van der Waals surface area contributed by atoms with E-state index in [1.54, 1.807) is 0 Å². The highest BCUT2D eigenvalue weighted by molar-refractivity contribution is 5.91. The van der Waals surface area contributed by atoms with Crippen LogP contribution in [0.1, 0.15) is 37.7 Å². The summed E-state index contributed by atoms with van der Waals surface area (Å²) < 4.78 is 0. The summed E-state index contributed by atoms with van der Waals surface area (Å²) in [6.07, 6.45) is 6.94. The second kappa shape index (κ2) is 6.61. The molecule has 3 heteroatoms. The van der Waals surface area contributed by atoms with E-state index in [0.717, 1.165) is 17.5 Å². The van der Waals surface area contributed by atoms with E-state index in [4.69, 9.17) is 0 Å². The molecular formula is C18H27N2O+. The largest absolute Gasteiger partial charge is 0.327 e. The zero-order chi connectivity index (χ0) is 14.7. The number of quaternary nitrogens is 1. The number of fused-ring (bicyclic) bond motifs is 1. The molecule has 114 valence electrons. The highest BCUT2D eigenvalue weighted by Crippen LogP contribution is 2.32. The van der Waals surface area contributed by atoms with Crippen molar-refractivity contribution in [3.8, 4) is 0 Å². The molecule has 1 aromatic carbocycles. The second-order valence-electron chi connectivity index (χ2n) is 6.89. The summed E-state index contributed by atoms with van der Waals surface area (Å²) >= 11 is 0. The number of hydrogen-bond donors (Lipinski definition) is 2. The number of benzene rings is 1. The summed E-state index contributed by atoms with van der Waals surface area (Å²) in [5.41, 5.74) is 2.13. The molecule has 0 spiro atoms. The molecule has 3 nitrogen and oxygen atoms in total. The third-order valence-corrected chi connectivity index (χ3v) is 5.23. The summed E-state index contributed by atoms with van der Waals surface area (Å²) in [6.45, 7) is 5.05. The van der Waals surface area contributed by atoms with E-state index in [-0.39, 0.29) is 5.91 Å². The number of likely N-dealkylation sites (tertiary alicyclic amines) is 1. The van der Waals surface area contributed by atoms with Crippen LogP contribution in [-0.2, 0) is 4.79 Å². The first-order valence-electron chi connectivity index (χ1n) is 8.41. The fourth-order valence-corrected chi connectivity index (χ4v) is 4.03. The van der Waals surface area contributed by atoms with Crippen LogP contribution in [0.25, 0.3) is 0 Å². The minimum atomic E-state index is 0.156. The molecule has 3 rings (SSSR count). The molecule has 1 unspecified atom stereocenters. The lowest BCUT2D eigenvalue weighted by Crippen LogP contribution is -3.15. The first-order valence-corrected chi connectivity index (χ1v) is 8.41. The Morgan fingerprint density at radius 1 is 1.14 bits per heavy atom. The van der Waals surface area contributed by atoms with Gasteiger partial charge in [0.05, 0.1) is 13.1 Å². The van der Waals surface area contributed by atoms with Crippen molar-refractivity contribution in [1.82, 2.24) is 0 Å². The minimum absolute atomic E-state index is 0.156. The van der Waals surface area contributed by atoms with Gasteiger partial charge in [-0.05, 0) is 44.2 Å². The number of anilines is 1. The highest BCUT2D eigenvalue weighted by Gasteiger charge is 2.34. The molecule has 0 radical (unpaired) electrons. The molecular weight excluding hydrogens is 260 g/mol. The molecule has 1 aromatic rings. The molecule has 2 N–H and O–H groups in total. The molecule has 1 amide bonds. The number of carbonyl (C=O) groups is 1. The number of piperidine rings is 1. The molecule has 0 aromatic heterocycles. The summed E-state index contributed by atoms with van der Waals surface area (Å²) in [6, 6.07) is 8.04. The number of nitrogens with one attached hydrogen (secondary N) is 2. The Bertz CT molecular complexity index is 482. The molecule has 2 aliphatic rings. The van der Waals surface area contributed by atoms with Crippen molar-refractivity contribution in [1.29, 1.82) is 0 Å². The molecule has 1 heterocycles. The molecule has 1 saturated carbocycles. The molecule has 3 atom stereocenters. The van der Waals surface area contributed by atoms with E-state index in [1.807, 2.05) is 24.3 Å². The Morgan fingerprint density at radius 2 is 1.86 bits per heavy atom. The van der Waals surface area contributed by atoms with Gasteiger partial charge in [0.1, 0.15) is 0 Å². The average Bonchev–Trinajstić information content (AvgIpc) is 2.49. The van der Waals surface area contributed by atoms with Crippen molar-refractivity contribution in [3.05, 3.63) is 29.8 Å². The highest BCUT2D eigenvalue weighted by atomic mass is 16.2. The van der Waals surface area contributed by atoms with Gasteiger partial charge in [0.15, 0.2) is 6.54 Å². The van der Waals surface area contributed by atoms with Crippen LogP contribution in [0.4, 0.5) is 5.69 Å². The van der Waals surface area contributed by atoms with E-state index in [0.29, 0.717) is 6.54 Å². The first kappa shape index (κ1) is 14.6. The normalized spacial score (nSPS) is 28.7. The van der Waals surface area contributed by atoms with Gasteiger partial charge < -0.3 is 10.2 Å². The Hall–Kier alpha value is -1.35. The Balaban J connectivity index is 1.49. The maximum atomic E-state index is 12.2. The van der Waals surface area contributed by atoms with Crippen molar-refractivity contribution < 1.29 is 9.69 Å². The van der Waals surface area contributed by atoms with Crippen molar-refractivity contribution in [2.75, 3.05) is 25.0 Å². The SMILES string of the molecule is Cc1ccc(NC(=O)C[NH+]2CC[C@@H]3CCCC[C@@H]3C2)cc1. The lowest BCUT2D eigenvalue weighted by atomic mass is 9.75. The molecule has 1 aliphatic heterocycles. The van der Waals surface area contributed by atoms with E-state index in [1.165, 1.54) is 55.7 Å². The lowest BCUT2D eigenvalue weighted by molar-refractivity contribution is -0.902. The van der Waals surface area contributed by atoms with Crippen molar-refractivity contribution in [2.24, 2.45) is 11.8 Å². The van der Waals surface area contributed by atoms with Gasteiger partial charge in [-0.2, -0.15) is 0 Å². The van der Waals surface area contributed by atoms with E-state index >= 15 is 0 Å². The van der Waals surface area contributed by atoms with Crippen LogP contribution in [0.2, 0.25) is 0 Å². The second-order valence-corrected chi connectivity index (χ2v) is 6.89. The predicted octanol–water partition coefficient (Wildman–Crippen LogP) is 2.03. The van der Waals surface area contributed by atoms with Gasteiger partial charge in [-0.15, -0.1) is 0 Å². The topological polar surface area (TPSA) is 33.5 Å². The number of aryl methyl sites for hydroxylation is 1. The quantitative estimate of drug-likeness (QED) is 0.876. The van der Waals surface area contributed by atoms with E-state index in [9.17, 15) is 4.79 Å². The number of rotatable bonds is 3. The minimum Gasteiger partial charge on any atom is -0.327 e.